The number of hydrogen-bond donors (Lipinski definition) is 1. The van der Waals surface area contributed by atoms with E-state index in [1.54, 1.807) is 0 Å². The molecule has 90 valence electrons. The van der Waals surface area contributed by atoms with Crippen LogP contribution in [0.3, 0.4) is 0 Å². The molecule has 1 aliphatic rings. The Labute approximate surface area is 102 Å². The monoisotopic (exact) mass is 244 g/mol. The van der Waals surface area contributed by atoms with Crippen molar-refractivity contribution >= 4 is 23.3 Å². The molecule has 1 saturated heterocycles. The van der Waals surface area contributed by atoms with E-state index in [0.717, 1.165) is 4.90 Å². The number of ketones is 1. The van der Waals surface area contributed by atoms with Gasteiger partial charge in [-0.2, -0.15) is 5.26 Å². The topological polar surface area (TPSA) is 98.5 Å². The number of rotatable bonds is 2. The van der Waals surface area contributed by atoms with Crippen molar-refractivity contribution in [3.63, 3.8) is 0 Å². The molecule has 0 atom stereocenters. The molecule has 18 heavy (non-hydrogen) atoms. The Kier molecular flexibility index (Phi) is 2.81. The third-order valence-electron chi connectivity index (χ3n) is 2.63. The molecule has 0 spiro atoms. The van der Waals surface area contributed by atoms with Gasteiger partial charge in [0, 0.05) is 0 Å². The first-order valence-corrected chi connectivity index (χ1v) is 5.12. The first-order chi connectivity index (χ1) is 8.52. The molecule has 0 aliphatic carbocycles. The lowest BCUT2D eigenvalue weighted by Gasteiger charge is -2.17. The lowest BCUT2D eigenvalue weighted by Crippen LogP contribution is -2.26. The fourth-order valence-corrected chi connectivity index (χ4v) is 1.82. The number of carbonyl (C=O) groups is 3. The highest BCUT2D eigenvalue weighted by molar-refractivity contribution is 6.16. The van der Waals surface area contributed by atoms with E-state index in [2.05, 4.69) is 0 Å². The SMILES string of the molecule is N#Cc1ccc(N2CC(=O)CC2=O)c(C(=O)O)c1. The van der Waals surface area contributed by atoms with Gasteiger partial charge in [-0.05, 0) is 18.2 Å². The molecule has 6 nitrogen and oxygen atoms in total. The molecule has 0 unspecified atom stereocenters. The molecule has 6 heteroatoms. The molecule has 1 aromatic rings. The smallest absolute Gasteiger partial charge is 0.337 e. The highest BCUT2D eigenvalue weighted by Crippen LogP contribution is 2.25. The molecule has 1 amide bonds. The first kappa shape index (κ1) is 11.8. The molecule has 1 aliphatic heterocycles. The predicted octanol–water partition coefficient (Wildman–Crippen LogP) is 0.562. The highest BCUT2D eigenvalue weighted by Gasteiger charge is 2.31. The minimum Gasteiger partial charge on any atom is -0.478 e. The summed E-state index contributed by atoms with van der Waals surface area (Å²) in [7, 11) is 0. The Bertz CT molecular complexity index is 601. The van der Waals surface area contributed by atoms with Crippen LogP contribution in [0.15, 0.2) is 18.2 Å². The van der Waals surface area contributed by atoms with E-state index in [1.165, 1.54) is 18.2 Å². The van der Waals surface area contributed by atoms with Crippen LogP contribution in [0.2, 0.25) is 0 Å². The number of nitrogens with zero attached hydrogens (tertiary/aromatic N) is 2. The first-order valence-electron chi connectivity index (χ1n) is 5.12. The zero-order chi connectivity index (χ0) is 13.3. The minimum atomic E-state index is -1.24. The normalized spacial score (nSPS) is 14.7. The van der Waals surface area contributed by atoms with E-state index in [4.69, 9.17) is 10.4 Å². The Morgan fingerprint density at radius 2 is 2.11 bits per heavy atom. The molecule has 1 heterocycles. The quantitative estimate of drug-likeness (QED) is 0.766. The van der Waals surface area contributed by atoms with Crippen LogP contribution in [0, 0.1) is 11.3 Å². The summed E-state index contributed by atoms with van der Waals surface area (Å²) in [6.07, 6.45) is -0.209. The fraction of sp³-hybridized carbons (Fsp3) is 0.167. The van der Waals surface area contributed by atoms with Crippen LogP contribution < -0.4 is 4.90 Å². The standard InChI is InChI=1S/C12H8N2O4/c13-5-7-1-2-10(9(3-7)12(17)18)14-6-8(15)4-11(14)16/h1-3H,4,6H2,(H,17,18). The average Bonchev–Trinajstić information content (AvgIpc) is 2.67. The van der Waals surface area contributed by atoms with Crippen LogP contribution in [-0.2, 0) is 9.59 Å². The van der Waals surface area contributed by atoms with Crippen LogP contribution in [0.4, 0.5) is 5.69 Å². The number of carboxylic acid groups (broad SMARTS) is 1. The summed E-state index contributed by atoms with van der Waals surface area (Å²) < 4.78 is 0. The second kappa shape index (κ2) is 4.30. The molecule has 0 saturated carbocycles. The van der Waals surface area contributed by atoms with Gasteiger partial charge in [0.1, 0.15) is 0 Å². The number of amides is 1. The van der Waals surface area contributed by atoms with E-state index < -0.39 is 11.9 Å². The number of nitriles is 1. The van der Waals surface area contributed by atoms with Crippen molar-refractivity contribution in [1.29, 1.82) is 5.26 Å². The van der Waals surface area contributed by atoms with Crippen LogP contribution in [0.25, 0.3) is 0 Å². The molecule has 1 fully saturated rings. The zero-order valence-electron chi connectivity index (χ0n) is 9.21. The molecule has 0 bridgehead atoms. The van der Waals surface area contributed by atoms with Gasteiger partial charge >= 0.3 is 5.97 Å². The summed E-state index contributed by atoms with van der Waals surface area (Å²) in [4.78, 5) is 35.0. The van der Waals surface area contributed by atoms with Crippen molar-refractivity contribution < 1.29 is 19.5 Å². The van der Waals surface area contributed by atoms with Crippen molar-refractivity contribution in [3.05, 3.63) is 29.3 Å². The van der Waals surface area contributed by atoms with E-state index >= 15 is 0 Å². The molecule has 0 aromatic heterocycles. The van der Waals surface area contributed by atoms with E-state index in [1.807, 2.05) is 6.07 Å². The maximum Gasteiger partial charge on any atom is 0.337 e. The van der Waals surface area contributed by atoms with Crippen molar-refractivity contribution in [2.75, 3.05) is 11.4 Å². The Morgan fingerprint density at radius 1 is 1.39 bits per heavy atom. The summed E-state index contributed by atoms with van der Waals surface area (Å²) in [5.41, 5.74) is 0.184. The fourth-order valence-electron chi connectivity index (χ4n) is 1.82. The van der Waals surface area contributed by atoms with Gasteiger partial charge in [-0.1, -0.05) is 0 Å². The van der Waals surface area contributed by atoms with Gasteiger partial charge in [-0.25, -0.2) is 4.79 Å². The van der Waals surface area contributed by atoms with E-state index in [0.29, 0.717) is 0 Å². The van der Waals surface area contributed by atoms with Gasteiger partial charge in [0.15, 0.2) is 5.78 Å². The number of aromatic carboxylic acids is 1. The van der Waals surface area contributed by atoms with Crippen molar-refractivity contribution in [2.24, 2.45) is 0 Å². The van der Waals surface area contributed by atoms with Crippen molar-refractivity contribution in [3.8, 4) is 6.07 Å². The summed E-state index contributed by atoms with van der Waals surface area (Å²) in [5, 5.41) is 17.8. The predicted molar refractivity (Wildman–Crippen MR) is 60.1 cm³/mol. The highest BCUT2D eigenvalue weighted by atomic mass is 16.4. The number of carbonyl (C=O) groups excluding carboxylic acids is 2. The summed E-state index contributed by atoms with van der Waals surface area (Å²) >= 11 is 0. The van der Waals surface area contributed by atoms with Crippen LogP contribution in [0.1, 0.15) is 22.3 Å². The second-order valence-corrected chi connectivity index (χ2v) is 3.84. The minimum absolute atomic E-state index is 0.120. The van der Waals surface area contributed by atoms with Gasteiger partial charge in [0.05, 0.1) is 35.8 Å². The van der Waals surface area contributed by atoms with Gasteiger partial charge in [-0.3, -0.25) is 9.59 Å². The number of benzene rings is 1. The van der Waals surface area contributed by atoms with E-state index in [9.17, 15) is 14.4 Å². The molecule has 0 radical (unpaired) electrons. The maximum absolute atomic E-state index is 11.6. The van der Waals surface area contributed by atoms with Gasteiger partial charge in [0.2, 0.25) is 5.91 Å². The summed E-state index contributed by atoms with van der Waals surface area (Å²) in [6.45, 7) is -0.120. The van der Waals surface area contributed by atoms with Crippen molar-refractivity contribution in [1.82, 2.24) is 0 Å². The molecule has 1 aromatic carbocycles. The molecule has 1 N–H and O–H groups in total. The van der Waals surface area contributed by atoms with Crippen molar-refractivity contribution in [2.45, 2.75) is 6.42 Å². The lowest BCUT2D eigenvalue weighted by molar-refractivity contribution is -0.121. The third-order valence-corrected chi connectivity index (χ3v) is 2.63. The van der Waals surface area contributed by atoms with Gasteiger partial charge in [0.25, 0.3) is 0 Å². The van der Waals surface area contributed by atoms with Gasteiger partial charge < -0.3 is 10.0 Å². The Morgan fingerprint density at radius 3 is 2.61 bits per heavy atom. The number of carboxylic acids is 1. The summed E-state index contributed by atoms with van der Waals surface area (Å²) in [5.74, 6) is -1.91. The zero-order valence-corrected chi connectivity index (χ0v) is 9.21. The average molecular weight is 244 g/mol. The second-order valence-electron chi connectivity index (χ2n) is 3.84. The summed E-state index contributed by atoms with van der Waals surface area (Å²) in [6, 6.07) is 5.80. The van der Waals surface area contributed by atoms with Gasteiger partial charge in [-0.15, -0.1) is 0 Å². The number of hydrogen-bond acceptors (Lipinski definition) is 4. The molecular formula is C12H8N2O4. The largest absolute Gasteiger partial charge is 0.478 e. The Balaban J connectivity index is 2.51. The van der Waals surface area contributed by atoms with Crippen LogP contribution in [0.5, 0.6) is 0 Å². The molecule has 2 rings (SSSR count). The number of anilines is 1. The number of Topliss-reactive ketones (excluding diaryl/α,β-unsaturated/α-hetero) is 1. The molecular weight excluding hydrogens is 236 g/mol. The third kappa shape index (κ3) is 1.94. The lowest BCUT2D eigenvalue weighted by atomic mass is 10.1. The Hall–Kier alpha value is -2.68. The van der Waals surface area contributed by atoms with E-state index in [-0.39, 0.29) is 35.6 Å². The van der Waals surface area contributed by atoms with Crippen LogP contribution in [-0.4, -0.2) is 29.3 Å². The van der Waals surface area contributed by atoms with Crippen LogP contribution >= 0.6 is 0 Å². The maximum atomic E-state index is 11.6.